The first kappa shape index (κ1) is 16.3. The summed E-state index contributed by atoms with van der Waals surface area (Å²) in [5.41, 5.74) is 6.02. The molecule has 1 N–H and O–H groups in total. The van der Waals surface area contributed by atoms with E-state index in [-0.39, 0.29) is 0 Å². The van der Waals surface area contributed by atoms with Gasteiger partial charge in [0, 0.05) is 17.2 Å². The lowest BCUT2D eigenvalue weighted by atomic mass is 10.2. The highest BCUT2D eigenvalue weighted by Crippen LogP contribution is 2.22. The van der Waals surface area contributed by atoms with Crippen molar-refractivity contribution in [2.24, 2.45) is 5.10 Å². The van der Waals surface area contributed by atoms with Crippen LogP contribution in [-0.4, -0.2) is 6.21 Å². The van der Waals surface area contributed by atoms with Gasteiger partial charge in [-0.25, -0.2) is 0 Å². The molecule has 0 aliphatic heterocycles. The summed E-state index contributed by atoms with van der Waals surface area (Å²) in [5, 5.41) is 5.36. The van der Waals surface area contributed by atoms with E-state index in [1.165, 1.54) is 12.7 Å². The molecule has 0 saturated heterocycles. The molecule has 0 aromatic heterocycles. The maximum atomic E-state index is 5.93. The van der Waals surface area contributed by atoms with Gasteiger partial charge in [-0.1, -0.05) is 23.2 Å². The third-order valence-corrected chi connectivity index (χ3v) is 5.25. The van der Waals surface area contributed by atoms with Crippen LogP contribution in [0.2, 0.25) is 10.0 Å². The zero-order valence-electron chi connectivity index (χ0n) is 10.4. The van der Waals surface area contributed by atoms with Gasteiger partial charge in [-0.15, -0.1) is 0 Å². The van der Waals surface area contributed by atoms with Crippen LogP contribution in [0.25, 0.3) is 0 Å². The number of hydrazone groups is 1. The Morgan fingerprint density at radius 3 is 2.10 bits per heavy atom. The smallest absolute Gasteiger partial charge is 0.0591 e. The van der Waals surface area contributed by atoms with Crippen LogP contribution in [0.1, 0.15) is 11.1 Å². The molecule has 20 heavy (non-hydrogen) atoms. The predicted molar refractivity (Wildman–Crippen MR) is 104 cm³/mol. The number of anilines is 1. The van der Waals surface area contributed by atoms with E-state index in [0.717, 1.165) is 11.3 Å². The van der Waals surface area contributed by atoms with Crippen molar-refractivity contribution in [2.75, 3.05) is 5.43 Å². The minimum atomic E-state index is 0.578. The van der Waals surface area contributed by atoms with Gasteiger partial charge in [0.1, 0.15) is 0 Å². The first-order valence-electron chi connectivity index (χ1n) is 5.66. The minimum absolute atomic E-state index is 0.578. The summed E-state index contributed by atoms with van der Waals surface area (Å²) in [5.74, 6) is 0. The second-order valence-corrected chi connectivity index (χ2v) is 7.33. The Hall–Kier alpha value is -0.0500. The lowest BCUT2D eigenvalue weighted by molar-refractivity contribution is 1.34. The third-order valence-electron chi connectivity index (χ3n) is 2.57. The topological polar surface area (TPSA) is 24.4 Å². The van der Waals surface area contributed by atoms with Gasteiger partial charge in [0.05, 0.1) is 11.9 Å². The second kappa shape index (κ2) is 7.29. The van der Waals surface area contributed by atoms with Crippen LogP contribution in [0.4, 0.5) is 5.69 Å². The molecule has 2 rings (SSSR count). The Morgan fingerprint density at radius 1 is 1.00 bits per heavy atom. The van der Waals surface area contributed by atoms with Crippen LogP contribution in [0.5, 0.6) is 0 Å². The van der Waals surface area contributed by atoms with Crippen molar-refractivity contribution in [1.29, 1.82) is 0 Å². The van der Waals surface area contributed by atoms with Crippen LogP contribution in [0, 0.1) is 14.1 Å². The molecule has 0 amide bonds. The SMILES string of the molecule is Cc1c(I)cc(/C=N\Nc2cc(Cl)cc(Cl)c2)cc1I. The van der Waals surface area contributed by atoms with E-state index in [0.29, 0.717) is 10.0 Å². The average Bonchev–Trinajstić information content (AvgIpc) is 2.34. The van der Waals surface area contributed by atoms with Gasteiger partial charge in [-0.3, -0.25) is 5.43 Å². The Morgan fingerprint density at radius 2 is 1.55 bits per heavy atom. The summed E-state index contributed by atoms with van der Waals surface area (Å²) in [4.78, 5) is 0. The van der Waals surface area contributed by atoms with E-state index in [9.17, 15) is 0 Å². The fourth-order valence-electron chi connectivity index (χ4n) is 1.54. The largest absolute Gasteiger partial charge is 0.278 e. The number of hydrogen-bond donors (Lipinski definition) is 1. The van der Waals surface area contributed by atoms with Crippen molar-refractivity contribution >= 4 is 80.3 Å². The predicted octanol–water partition coefficient (Wildman–Crippen LogP) is 5.96. The van der Waals surface area contributed by atoms with Gasteiger partial charge in [0.2, 0.25) is 0 Å². The lowest BCUT2D eigenvalue weighted by Crippen LogP contribution is -1.94. The summed E-state index contributed by atoms with van der Waals surface area (Å²) < 4.78 is 2.45. The Kier molecular flexibility index (Phi) is 5.95. The highest BCUT2D eigenvalue weighted by molar-refractivity contribution is 14.1. The zero-order valence-corrected chi connectivity index (χ0v) is 16.3. The van der Waals surface area contributed by atoms with Crippen LogP contribution >= 0.6 is 68.4 Å². The molecular formula is C14H10Cl2I2N2. The molecule has 0 radical (unpaired) electrons. The summed E-state index contributed by atoms with van der Waals surface area (Å²) in [6.45, 7) is 2.11. The molecule has 0 saturated carbocycles. The Labute approximate surface area is 155 Å². The highest BCUT2D eigenvalue weighted by Gasteiger charge is 2.01. The zero-order chi connectivity index (χ0) is 14.7. The van der Waals surface area contributed by atoms with Crippen LogP contribution in [-0.2, 0) is 0 Å². The van der Waals surface area contributed by atoms with Gasteiger partial charge >= 0.3 is 0 Å². The molecule has 0 unspecified atom stereocenters. The molecule has 0 atom stereocenters. The van der Waals surface area contributed by atoms with Gasteiger partial charge in [-0.05, 0) is 93.6 Å². The molecule has 0 bridgehead atoms. The number of nitrogens with one attached hydrogen (secondary N) is 1. The molecule has 0 heterocycles. The molecule has 0 spiro atoms. The van der Waals surface area contributed by atoms with E-state index in [4.69, 9.17) is 23.2 Å². The van der Waals surface area contributed by atoms with Gasteiger partial charge in [0.15, 0.2) is 0 Å². The highest BCUT2D eigenvalue weighted by atomic mass is 127. The summed E-state index contributed by atoms with van der Waals surface area (Å²) >= 11 is 16.5. The van der Waals surface area contributed by atoms with Crippen molar-refractivity contribution in [1.82, 2.24) is 0 Å². The van der Waals surface area contributed by atoms with Gasteiger partial charge in [-0.2, -0.15) is 5.10 Å². The normalized spacial score (nSPS) is 11.1. The van der Waals surface area contributed by atoms with Crippen molar-refractivity contribution in [3.05, 3.63) is 58.6 Å². The molecule has 2 aromatic rings. The standard InChI is InChI=1S/C14H10Cl2I2N2/c1-8-13(17)2-9(3-14(8)18)7-19-20-12-5-10(15)4-11(16)6-12/h2-7,20H,1H3/b19-7-. The monoisotopic (exact) mass is 530 g/mol. The van der Waals surface area contributed by atoms with Crippen molar-refractivity contribution in [3.63, 3.8) is 0 Å². The van der Waals surface area contributed by atoms with Gasteiger partial charge in [0.25, 0.3) is 0 Å². The first-order chi connectivity index (χ1) is 9.45. The van der Waals surface area contributed by atoms with Crippen molar-refractivity contribution in [2.45, 2.75) is 6.92 Å². The molecule has 0 aliphatic rings. The molecule has 2 aromatic carbocycles. The number of benzene rings is 2. The number of nitrogens with zero attached hydrogens (tertiary/aromatic N) is 1. The van der Waals surface area contributed by atoms with Crippen LogP contribution in [0.15, 0.2) is 35.4 Å². The molecular weight excluding hydrogens is 521 g/mol. The lowest BCUT2D eigenvalue weighted by Gasteiger charge is -2.04. The van der Waals surface area contributed by atoms with Crippen molar-refractivity contribution < 1.29 is 0 Å². The molecule has 2 nitrogen and oxygen atoms in total. The maximum Gasteiger partial charge on any atom is 0.0591 e. The van der Waals surface area contributed by atoms with Gasteiger partial charge < -0.3 is 0 Å². The third kappa shape index (κ3) is 4.47. The quantitative estimate of drug-likeness (QED) is 0.296. The van der Waals surface area contributed by atoms with E-state index in [1.54, 1.807) is 24.4 Å². The molecule has 104 valence electrons. The van der Waals surface area contributed by atoms with Crippen LogP contribution in [0.3, 0.4) is 0 Å². The molecule has 6 heteroatoms. The first-order valence-corrected chi connectivity index (χ1v) is 8.58. The van der Waals surface area contributed by atoms with E-state index < -0.39 is 0 Å². The van der Waals surface area contributed by atoms with E-state index >= 15 is 0 Å². The maximum absolute atomic E-state index is 5.93. The Balaban J connectivity index is 2.14. The minimum Gasteiger partial charge on any atom is -0.278 e. The van der Waals surface area contributed by atoms with E-state index in [2.05, 4.69) is 74.8 Å². The fraction of sp³-hybridized carbons (Fsp3) is 0.0714. The Bertz CT molecular complexity index is 629. The van der Waals surface area contributed by atoms with Crippen molar-refractivity contribution in [3.8, 4) is 0 Å². The molecule has 0 fully saturated rings. The molecule has 0 aliphatic carbocycles. The summed E-state index contributed by atoms with van der Waals surface area (Å²) in [6.07, 6.45) is 1.78. The number of halogens is 4. The number of hydrogen-bond acceptors (Lipinski definition) is 2. The second-order valence-electron chi connectivity index (χ2n) is 4.14. The average molecular weight is 531 g/mol. The van der Waals surface area contributed by atoms with Crippen LogP contribution < -0.4 is 5.43 Å². The van der Waals surface area contributed by atoms with E-state index in [1.807, 2.05) is 0 Å². The fourth-order valence-corrected chi connectivity index (χ4v) is 3.88. The summed E-state index contributed by atoms with van der Waals surface area (Å²) in [6, 6.07) is 9.41. The summed E-state index contributed by atoms with van der Waals surface area (Å²) in [7, 11) is 0. The number of rotatable bonds is 3.